The third kappa shape index (κ3) is 22.7. The van der Waals surface area contributed by atoms with Crippen molar-refractivity contribution in [3.8, 4) is 0 Å². The molecule has 0 aliphatic carbocycles. The Bertz CT molecular complexity index is 191. The van der Waals surface area contributed by atoms with Crippen molar-refractivity contribution in [1.29, 1.82) is 0 Å². The van der Waals surface area contributed by atoms with E-state index >= 15 is 0 Å². The molecule has 0 aromatic rings. The molecular formula is C15H30O4. The van der Waals surface area contributed by atoms with Gasteiger partial charge < -0.3 is 14.9 Å². The first kappa shape index (κ1) is 20.4. The smallest absolute Gasteiger partial charge is 0.330 e. The molecule has 4 nitrogen and oxygen atoms in total. The molecule has 4 heteroatoms. The second-order valence-electron chi connectivity index (χ2n) is 4.29. The van der Waals surface area contributed by atoms with Gasteiger partial charge in [-0.3, -0.25) is 0 Å². The number of rotatable bonds is 11. The maximum atomic E-state index is 10.7. The number of esters is 1. The van der Waals surface area contributed by atoms with Gasteiger partial charge in [-0.2, -0.15) is 0 Å². The summed E-state index contributed by atoms with van der Waals surface area (Å²) >= 11 is 0. The zero-order valence-electron chi connectivity index (χ0n) is 12.3. The van der Waals surface area contributed by atoms with E-state index in [2.05, 4.69) is 13.5 Å². The highest BCUT2D eigenvalue weighted by atomic mass is 16.5. The fraction of sp³-hybridized carbons (Fsp3) is 0.800. The average molecular weight is 274 g/mol. The SMILES string of the molecule is C=CC(=O)OCCCCCCCCCC.OCCO. The van der Waals surface area contributed by atoms with E-state index in [0.29, 0.717) is 6.61 Å². The van der Waals surface area contributed by atoms with E-state index in [1.54, 1.807) is 0 Å². The zero-order chi connectivity index (χ0) is 14.8. The molecule has 0 aliphatic heterocycles. The van der Waals surface area contributed by atoms with E-state index in [1.807, 2.05) is 0 Å². The maximum absolute atomic E-state index is 10.7. The topological polar surface area (TPSA) is 66.8 Å². The molecule has 0 saturated heterocycles. The van der Waals surface area contributed by atoms with Crippen molar-refractivity contribution in [2.24, 2.45) is 0 Å². The Hall–Kier alpha value is -0.870. The van der Waals surface area contributed by atoms with Crippen molar-refractivity contribution in [1.82, 2.24) is 0 Å². The normalized spacial score (nSPS) is 9.42. The molecule has 0 aromatic carbocycles. The molecule has 0 unspecified atom stereocenters. The van der Waals surface area contributed by atoms with Crippen LogP contribution in [0.3, 0.4) is 0 Å². The molecule has 0 bridgehead atoms. The largest absolute Gasteiger partial charge is 0.463 e. The van der Waals surface area contributed by atoms with Gasteiger partial charge in [-0.1, -0.05) is 58.4 Å². The maximum Gasteiger partial charge on any atom is 0.330 e. The Morgan fingerprint density at radius 3 is 1.89 bits per heavy atom. The molecule has 0 rings (SSSR count). The molecule has 0 fully saturated rings. The van der Waals surface area contributed by atoms with Gasteiger partial charge in [0.2, 0.25) is 0 Å². The van der Waals surface area contributed by atoms with E-state index < -0.39 is 0 Å². The van der Waals surface area contributed by atoms with E-state index in [0.717, 1.165) is 12.8 Å². The number of carbonyl (C=O) groups excluding carboxylic acids is 1. The van der Waals surface area contributed by atoms with Gasteiger partial charge in [0.25, 0.3) is 0 Å². The Labute approximate surface area is 117 Å². The van der Waals surface area contributed by atoms with Gasteiger partial charge in [-0.15, -0.1) is 0 Å². The van der Waals surface area contributed by atoms with Crippen molar-refractivity contribution in [3.05, 3.63) is 12.7 Å². The number of hydrogen-bond donors (Lipinski definition) is 2. The molecule has 0 heterocycles. The van der Waals surface area contributed by atoms with Crippen LogP contribution in [0.2, 0.25) is 0 Å². The minimum atomic E-state index is -0.307. The third-order valence-electron chi connectivity index (χ3n) is 2.51. The van der Waals surface area contributed by atoms with Crippen molar-refractivity contribution in [2.45, 2.75) is 58.3 Å². The molecule has 0 atom stereocenters. The minimum absolute atomic E-state index is 0.125. The number of aliphatic hydroxyl groups excluding tert-OH is 2. The fourth-order valence-electron chi connectivity index (χ4n) is 1.47. The number of carbonyl (C=O) groups is 1. The van der Waals surface area contributed by atoms with Gasteiger partial charge in [0.05, 0.1) is 19.8 Å². The van der Waals surface area contributed by atoms with Crippen molar-refractivity contribution in [3.63, 3.8) is 0 Å². The van der Waals surface area contributed by atoms with Crippen LogP contribution < -0.4 is 0 Å². The zero-order valence-corrected chi connectivity index (χ0v) is 12.3. The van der Waals surface area contributed by atoms with Gasteiger partial charge in [0.15, 0.2) is 0 Å². The summed E-state index contributed by atoms with van der Waals surface area (Å²) in [7, 11) is 0. The summed E-state index contributed by atoms with van der Waals surface area (Å²) in [5, 5.41) is 15.2. The fourth-order valence-corrected chi connectivity index (χ4v) is 1.47. The Morgan fingerprint density at radius 1 is 1.00 bits per heavy atom. The predicted octanol–water partition coefficient (Wildman–Crippen LogP) is 2.83. The molecule has 0 aromatic heterocycles. The lowest BCUT2D eigenvalue weighted by Gasteiger charge is -2.02. The number of aliphatic hydroxyl groups is 2. The Kier molecular flexibility index (Phi) is 21.0. The summed E-state index contributed by atoms with van der Waals surface area (Å²) < 4.78 is 4.88. The van der Waals surface area contributed by atoms with Crippen LogP contribution in [0.1, 0.15) is 58.3 Å². The van der Waals surface area contributed by atoms with E-state index in [4.69, 9.17) is 14.9 Å². The average Bonchev–Trinajstić information content (AvgIpc) is 2.45. The highest BCUT2D eigenvalue weighted by Crippen LogP contribution is 2.08. The molecule has 0 radical (unpaired) electrons. The lowest BCUT2D eigenvalue weighted by Crippen LogP contribution is -2.01. The summed E-state index contributed by atoms with van der Waals surface area (Å²) in [5.74, 6) is -0.307. The van der Waals surface area contributed by atoms with Gasteiger partial charge in [0, 0.05) is 6.08 Å². The van der Waals surface area contributed by atoms with Crippen LogP contribution >= 0.6 is 0 Å². The molecular weight excluding hydrogens is 244 g/mol. The predicted molar refractivity (Wildman–Crippen MR) is 77.9 cm³/mol. The first-order valence-electron chi connectivity index (χ1n) is 7.23. The molecule has 0 aliphatic rings. The van der Waals surface area contributed by atoms with Crippen LogP contribution in [0.15, 0.2) is 12.7 Å². The van der Waals surface area contributed by atoms with Crippen molar-refractivity contribution in [2.75, 3.05) is 19.8 Å². The summed E-state index contributed by atoms with van der Waals surface area (Å²) in [6.07, 6.45) is 11.3. The molecule has 0 spiro atoms. The highest BCUT2D eigenvalue weighted by Gasteiger charge is 1.95. The standard InChI is InChI=1S/C13H24O2.C2H6O2/c1-3-5-6-7-8-9-10-11-12-15-13(14)4-2;3-1-2-4/h4H,2-3,5-12H2,1H3;3-4H,1-2H2. The Morgan fingerprint density at radius 2 is 1.47 bits per heavy atom. The summed E-state index contributed by atoms with van der Waals surface area (Å²) in [6.45, 7) is 5.86. The first-order valence-corrected chi connectivity index (χ1v) is 7.23. The quantitative estimate of drug-likeness (QED) is 0.345. The second kappa shape index (κ2) is 19.5. The molecule has 0 amide bonds. The van der Waals surface area contributed by atoms with Crippen molar-refractivity contribution < 1.29 is 19.7 Å². The monoisotopic (exact) mass is 274 g/mol. The van der Waals surface area contributed by atoms with E-state index in [1.165, 1.54) is 44.6 Å². The molecule has 0 saturated carbocycles. The van der Waals surface area contributed by atoms with Gasteiger partial charge in [-0.25, -0.2) is 4.79 Å². The minimum Gasteiger partial charge on any atom is -0.463 e. The molecule has 2 N–H and O–H groups in total. The molecule has 114 valence electrons. The van der Waals surface area contributed by atoms with Crippen LogP contribution in [0.5, 0.6) is 0 Å². The number of hydrogen-bond acceptors (Lipinski definition) is 4. The van der Waals surface area contributed by atoms with Gasteiger partial charge in [0.1, 0.15) is 0 Å². The number of unbranched alkanes of at least 4 members (excludes halogenated alkanes) is 7. The van der Waals surface area contributed by atoms with Crippen LogP contribution in [0.4, 0.5) is 0 Å². The van der Waals surface area contributed by atoms with Crippen molar-refractivity contribution >= 4 is 5.97 Å². The van der Waals surface area contributed by atoms with E-state index in [-0.39, 0.29) is 19.2 Å². The third-order valence-corrected chi connectivity index (χ3v) is 2.51. The van der Waals surface area contributed by atoms with Gasteiger partial charge >= 0.3 is 5.97 Å². The van der Waals surface area contributed by atoms with Crippen LogP contribution in [0.25, 0.3) is 0 Å². The summed E-state index contributed by atoms with van der Waals surface area (Å²) in [5.41, 5.74) is 0. The second-order valence-corrected chi connectivity index (χ2v) is 4.29. The summed E-state index contributed by atoms with van der Waals surface area (Å²) in [6, 6.07) is 0. The highest BCUT2D eigenvalue weighted by molar-refractivity contribution is 5.81. The lowest BCUT2D eigenvalue weighted by molar-refractivity contribution is -0.137. The van der Waals surface area contributed by atoms with Crippen LogP contribution in [-0.4, -0.2) is 36.0 Å². The van der Waals surface area contributed by atoms with E-state index in [9.17, 15) is 4.79 Å². The Balaban J connectivity index is 0. The van der Waals surface area contributed by atoms with Gasteiger partial charge in [-0.05, 0) is 6.42 Å². The molecule has 19 heavy (non-hydrogen) atoms. The van der Waals surface area contributed by atoms with Crippen LogP contribution in [-0.2, 0) is 9.53 Å². The summed E-state index contributed by atoms with van der Waals surface area (Å²) in [4.78, 5) is 10.7. The van der Waals surface area contributed by atoms with Crippen LogP contribution in [0, 0.1) is 0 Å². The lowest BCUT2D eigenvalue weighted by atomic mass is 10.1. The first-order chi connectivity index (χ1) is 9.22. The number of ether oxygens (including phenoxy) is 1.